The van der Waals surface area contributed by atoms with Gasteiger partial charge in [-0.25, -0.2) is 0 Å². The number of fused-ring (bicyclic) bond motifs is 3. The minimum absolute atomic E-state index is 0.0958. The van der Waals surface area contributed by atoms with Gasteiger partial charge in [-0.3, -0.25) is 0 Å². The van der Waals surface area contributed by atoms with Gasteiger partial charge in [0.25, 0.3) is 0 Å². The highest BCUT2D eigenvalue weighted by molar-refractivity contribution is 7.30. The summed E-state index contributed by atoms with van der Waals surface area (Å²) in [5.41, 5.74) is 6.54. The van der Waals surface area contributed by atoms with Crippen molar-refractivity contribution in [3.8, 4) is 45.4 Å². The van der Waals surface area contributed by atoms with Crippen LogP contribution in [0, 0.1) is 45.3 Å². The Labute approximate surface area is 253 Å². The largest absolute Gasteiger partial charge is 0.340 e. The molecule has 0 saturated carbocycles. The fraction of sp³-hybridized carbons (Fsp3) is 0.273. The normalized spacial score (nSPS) is 10.7. The molecule has 42 heavy (non-hydrogen) atoms. The monoisotopic (exact) mass is 587 g/mol. The molecular weight excluding hydrogens is 559 g/mol. The van der Waals surface area contributed by atoms with Gasteiger partial charge < -0.3 is 13.7 Å². The molecular formula is C33H29N7S2. The predicted octanol–water partition coefficient (Wildman–Crippen LogP) is 8.95. The summed E-state index contributed by atoms with van der Waals surface area (Å²) in [4.78, 5) is 2.32. The fourth-order valence-corrected chi connectivity index (χ4v) is 7.94. The Bertz CT molecular complexity index is 1850. The zero-order valence-corrected chi connectivity index (χ0v) is 25.4. The molecule has 5 aromatic rings. The first kappa shape index (κ1) is 28.7. The van der Waals surface area contributed by atoms with Crippen LogP contribution in [0.5, 0.6) is 0 Å². The summed E-state index contributed by atoms with van der Waals surface area (Å²) in [5.74, 6) is 0. The molecule has 0 atom stereocenters. The summed E-state index contributed by atoms with van der Waals surface area (Å²) in [6.45, 7) is 8.93. The standard InChI is InChI=1S/C33H29N7S2/c1-4-11-38-24(14-22(18-34)19-35)7-9-26(38)30-16-28-32(41-30)33-29(40(28)13-6-3)17-31(42-33)27-10-8-25(39(27)12-5-2)15-23(20-36)21-37/h7-10,14-17H,4-6,11-13H2,1-3H3. The van der Waals surface area contributed by atoms with E-state index in [0.29, 0.717) is 0 Å². The van der Waals surface area contributed by atoms with E-state index in [1.807, 2.05) is 36.4 Å². The number of nitrogens with zero attached hydrogens (tertiary/aromatic N) is 7. The lowest BCUT2D eigenvalue weighted by Crippen LogP contribution is -2.01. The first-order valence-corrected chi connectivity index (χ1v) is 15.6. The second-order valence-corrected chi connectivity index (χ2v) is 12.1. The van der Waals surface area contributed by atoms with Crippen molar-refractivity contribution in [2.45, 2.75) is 59.7 Å². The van der Waals surface area contributed by atoms with Gasteiger partial charge in [-0.15, -0.1) is 22.7 Å². The number of allylic oxidation sites excluding steroid dienone is 2. The Morgan fingerprint density at radius 1 is 0.619 bits per heavy atom. The molecule has 0 aliphatic heterocycles. The third-order valence-corrected chi connectivity index (χ3v) is 9.61. The molecule has 5 heterocycles. The molecule has 0 aliphatic carbocycles. The van der Waals surface area contributed by atoms with E-state index in [1.54, 1.807) is 34.8 Å². The second-order valence-electron chi connectivity index (χ2n) is 9.96. The minimum Gasteiger partial charge on any atom is -0.340 e. The Hall–Kier alpha value is -4.80. The number of rotatable bonds is 10. The molecule has 0 fully saturated rings. The molecule has 0 aromatic carbocycles. The Morgan fingerprint density at radius 2 is 1.00 bits per heavy atom. The van der Waals surface area contributed by atoms with Crippen LogP contribution in [0.1, 0.15) is 51.4 Å². The average molecular weight is 588 g/mol. The second kappa shape index (κ2) is 12.4. The summed E-state index contributed by atoms with van der Waals surface area (Å²) >= 11 is 3.57. The molecule has 0 spiro atoms. The van der Waals surface area contributed by atoms with Crippen LogP contribution in [-0.4, -0.2) is 13.7 Å². The zero-order chi connectivity index (χ0) is 29.8. The molecule has 7 nitrogen and oxygen atoms in total. The SMILES string of the molecule is CCCn1c(C=C(C#N)C#N)ccc1-c1cc2c(s1)c1sc(-c3ccc(C=C(C#N)C#N)n3CCC)cc1n2CCC. The van der Waals surface area contributed by atoms with E-state index >= 15 is 0 Å². The molecule has 5 rings (SSSR count). The number of nitriles is 4. The maximum atomic E-state index is 9.30. The van der Waals surface area contributed by atoms with E-state index in [1.165, 1.54) is 20.4 Å². The quantitative estimate of drug-likeness (QED) is 0.152. The minimum atomic E-state index is 0.0958. The Morgan fingerprint density at radius 3 is 1.36 bits per heavy atom. The van der Waals surface area contributed by atoms with Gasteiger partial charge >= 0.3 is 0 Å². The van der Waals surface area contributed by atoms with E-state index < -0.39 is 0 Å². The van der Waals surface area contributed by atoms with E-state index in [4.69, 9.17) is 0 Å². The summed E-state index contributed by atoms with van der Waals surface area (Å²) < 4.78 is 9.32. The number of aryl methyl sites for hydroxylation is 1. The first-order valence-electron chi connectivity index (χ1n) is 14.0. The van der Waals surface area contributed by atoms with Crippen molar-refractivity contribution in [3.63, 3.8) is 0 Å². The Balaban J connectivity index is 1.66. The van der Waals surface area contributed by atoms with Gasteiger partial charge in [0.15, 0.2) is 0 Å². The van der Waals surface area contributed by atoms with Gasteiger partial charge in [0.05, 0.1) is 41.6 Å². The fourth-order valence-electron chi connectivity index (χ4n) is 5.41. The van der Waals surface area contributed by atoms with Crippen molar-refractivity contribution in [3.05, 3.63) is 58.9 Å². The maximum absolute atomic E-state index is 9.30. The summed E-state index contributed by atoms with van der Waals surface area (Å²) in [6.07, 6.45) is 6.20. The number of hydrogen-bond donors (Lipinski definition) is 0. The molecule has 0 amide bonds. The molecule has 0 N–H and O–H groups in total. The zero-order valence-electron chi connectivity index (χ0n) is 23.8. The number of hydrogen-bond acceptors (Lipinski definition) is 6. The highest BCUT2D eigenvalue weighted by Crippen LogP contribution is 2.46. The first-order chi connectivity index (χ1) is 20.5. The van der Waals surface area contributed by atoms with Gasteiger partial charge in [0.2, 0.25) is 0 Å². The van der Waals surface area contributed by atoms with E-state index in [2.05, 4.69) is 58.7 Å². The van der Waals surface area contributed by atoms with Crippen LogP contribution < -0.4 is 0 Å². The van der Waals surface area contributed by atoms with Crippen LogP contribution in [0.3, 0.4) is 0 Å². The molecule has 5 aromatic heterocycles. The van der Waals surface area contributed by atoms with Crippen molar-refractivity contribution >= 4 is 55.3 Å². The topological polar surface area (TPSA) is 110 Å². The summed E-state index contributed by atoms with van der Waals surface area (Å²) in [7, 11) is 0. The Kier molecular flexibility index (Phi) is 8.46. The van der Waals surface area contributed by atoms with Crippen molar-refractivity contribution in [1.82, 2.24) is 13.7 Å². The van der Waals surface area contributed by atoms with Gasteiger partial charge in [-0.05, 0) is 67.8 Å². The van der Waals surface area contributed by atoms with E-state index in [0.717, 1.165) is 71.4 Å². The van der Waals surface area contributed by atoms with E-state index in [9.17, 15) is 21.0 Å². The highest BCUT2D eigenvalue weighted by Gasteiger charge is 2.21. The van der Waals surface area contributed by atoms with E-state index in [-0.39, 0.29) is 11.1 Å². The van der Waals surface area contributed by atoms with Gasteiger partial charge in [0.1, 0.15) is 35.4 Å². The van der Waals surface area contributed by atoms with Crippen molar-refractivity contribution in [1.29, 1.82) is 21.0 Å². The van der Waals surface area contributed by atoms with Crippen LogP contribution >= 0.6 is 22.7 Å². The van der Waals surface area contributed by atoms with Crippen molar-refractivity contribution in [2.75, 3.05) is 0 Å². The van der Waals surface area contributed by atoms with Crippen LogP contribution in [0.25, 0.3) is 53.7 Å². The third kappa shape index (κ3) is 5.06. The third-order valence-electron chi connectivity index (χ3n) is 7.15. The average Bonchev–Trinajstić information content (AvgIpc) is 3.81. The van der Waals surface area contributed by atoms with Gasteiger partial charge in [0, 0.05) is 31.0 Å². The lowest BCUT2D eigenvalue weighted by Gasteiger charge is -2.10. The summed E-state index contributed by atoms with van der Waals surface area (Å²) in [5, 5.41) is 37.2. The number of thiophene rings is 2. The molecule has 0 bridgehead atoms. The van der Waals surface area contributed by atoms with Crippen molar-refractivity contribution < 1.29 is 0 Å². The number of aromatic nitrogens is 3. The molecule has 0 saturated heterocycles. The van der Waals surface area contributed by atoms with Crippen LogP contribution in [0.2, 0.25) is 0 Å². The van der Waals surface area contributed by atoms with Crippen LogP contribution in [-0.2, 0) is 19.6 Å². The lowest BCUT2D eigenvalue weighted by atomic mass is 10.2. The van der Waals surface area contributed by atoms with Crippen LogP contribution in [0.15, 0.2) is 47.5 Å². The van der Waals surface area contributed by atoms with Gasteiger partial charge in [-0.1, -0.05) is 20.8 Å². The summed E-state index contributed by atoms with van der Waals surface area (Å²) in [6, 6.07) is 20.6. The molecule has 0 unspecified atom stereocenters. The smallest absolute Gasteiger partial charge is 0.131 e. The molecule has 208 valence electrons. The maximum Gasteiger partial charge on any atom is 0.131 e. The highest BCUT2D eigenvalue weighted by atomic mass is 32.1. The predicted molar refractivity (Wildman–Crippen MR) is 171 cm³/mol. The molecule has 9 heteroatoms. The molecule has 0 radical (unpaired) electrons. The van der Waals surface area contributed by atoms with Gasteiger partial charge in [-0.2, -0.15) is 21.0 Å². The molecule has 0 aliphatic rings. The lowest BCUT2D eigenvalue weighted by molar-refractivity contribution is 0.685. The van der Waals surface area contributed by atoms with Crippen molar-refractivity contribution in [2.24, 2.45) is 0 Å². The van der Waals surface area contributed by atoms with Crippen LogP contribution in [0.4, 0.5) is 0 Å².